The highest BCUT2D eigenvalue weighted by atomic mass is 79.9. The highest BCUT2D eigenvalue weighted by Crippen LogP contribution is 2.29. The number of likely N-dealkylation sites (N-methyl/N-ethyl adjacent to an activating group) is 1. The highest BCUT2D eigenvalue weighted by Gasteiger charge is 2.19. The maximum Gasteiger partial charge on any atom is 0.138 e. The van der Waals surface area contributed by atoms with E-state index in [9.17, 15) is 0 Å². The number of ether oxygens (including phenoxy) is 2. The summed E-state index contributed by atoms with van der Waals surface area (Å²) in [5.41, 5.74) is 1.17. The largest absolute Gasteiger partial charge is 0.489 e. The average molecular weight is 343 g/mol. The van der Waals surface area contributed by atoms with Crippen molar-refractivity contribution < 1.29 is 9.47 Å². The van der Waals surface area contributed by atoms with Gasteiger partial charge in [0, 0.05) is 25.2 Å². The molecule has 0 aromatic heterocycles. The third-order valence-electron chi connectivity index (χ3n) is 3.37. The van der Waals surface area contributed by atoms with Crippen molar-refractivity contribution in [2.24, 2.45) is 0 Å². The van der Waals surface area contributed by atoms with Crippen molar-refractivity contribution in [3.8, 4) is 5.75 Å². The summed E-state index contributed by atoms with van der Waals surface area (Å²) in [6.45, 7) is 7.16. The molecule has 20 heavy (non-hydrogen) atoms. The Balaban J connectivity index is 1.97. The summed E-state index contributed by atoms with van der Waals surface area (Å²) in [5, 5.41) is 3.34. The lowest BCUT2D eigenvalue weighted by Gasteiger charge is -2.30. The van der Waals surface area contributed by atoms with Crippen LogP contribution in [0.3, 0.4) is 0 Å². The molecular weight excluding hydrogens is 320 g/mol. The van der Waals surface area contributed by atoms with Crippen LogP contribution in [-0.2, 0) is 11.3 Å². The van der Waals surface area contributed by atoms with E-state index in [0.29, 0.717) is 6.61 Å². The summed E-state index contributed by atoms with van der Waals surface area (Å²) >= 11 is 3.57. The van der Waals surface area contributed by atoms with E-state index in [0.717, 1.165) is 43.0 Å². The number of para-hydroxylation sites is 1. The Morgan fingerprint density at radius 3 is 3.10 bits per heavy atom. The molecule has 0 spiro atoms. The van der Waals surface area contributed by atoms with Crippen molar-refractivity contribution in [1.82, 2.24) is 10.2 Å². The van der Waals surface area contributed by atoms with Gasteiger partial charge in [-0.1, -0.05) is 19.1 Å². The third kappa shape index (κ3) is 4.45. The van der Waals surface area contributed by atoms with Crippen LogP contribution in [0.25, 0.3) is 0 Å². The highest BCUT2D eigenvalue weighted by molar-refractivity contribution is 9.10. The number of nitrogens with one attached hydrogen (secondary N) is 1. The average Bonchev–Trinajstić information content (AvgIpc) is 2.44. The summed E-state index contributed by atoms with van der Waals surface area (Å²) in [6, 6.07) is 6.14. The van der Waals surface area contributed by atoms with Gasteiger partial charge in [-0.2, -0.15) is 0 Å². The number of hydrogen-bond acceptors (Lipinski definition) is 4. The first-order valence-electron chi connectivity index (χ1n) is 7.11. The molecule has 1 aromatic carbocycles. The zero-order chi connectivity index (χ0) is 14.4. The fourth-order valence-corrected chi connectivity index (χ4v) is 2.78. The van der Waals surface area contributed by atoms with Crippen molar-refractivity contribution in [2.75, 3.05) is 39.9 Å². The molecule has 1 aliphatic rings. The van der Waals surface area contributed by atoms with Gasteiger partial charge in [0.15, 0.2) is 0 Å². The van der Waals surface area contributed by atoms with Crippen molar-refractivity contribution in [2.45, 2.75) is 19.6 Å². The molecule has 1 fully saturated rings. The van der Waals surface area contributed by atoms with Gasteiger partial charge in [0.1, 0.15) is 18.5 Å². The first-order chi connectivity index (χ1) is 9.70. The van der Waals surface area contributed by atoms with E-state index in [1.54, 1.807) is 0 Å². The lowest BCUT2D eigenvalue weighted by Crippen LogP contribution is -2.42. The van der Waals surface area contributed by atoms with Crippen molar-refractivity contribution in [3.63, 3.8) is 0 Å². The number of benzene rings is 1. The minimum absolute atomic E-state index is 0.146. The number of rotatable bonds is 6. The molecule has 4 nitrogen and oxygen atoms in total. The molecule has 0 bridgehead atoms. The van der Waals surface area contributed by atoms with Crippen molar-refractivity contribution in [3.05, 3.63) is 28.2 Å². The minimum atomic E-state index is 0.146. The van der Waals surface area contributed by atoms with Crippen LogP contribution in [0, 0.1) is 0 Å². The second-order valence-electron chi connectivity index (χ2n) is 5.07. The van der Waals surface area contributed by atoms with E-state index in [1.807, 2.05) is 12.1 Å². The molecule has 1 aromatic rings. The van der Waals surface area contributed by atoms with Crippen LogP contribution in [0.1, 0.15) is 12.5 Å². The molecule has 112 valence electrons. The quantitative estimate of drug-likeness (QED) is 0.859. The smallest absolute Gasteiger partial charge is 0.138 e. The molecule has 2 rings (SSSR count). The number of nitrogens with zero attached hydrogens (tertiary/aromatic N) is 1. The van der Waals surface area contributed by atoms with E-state index < -0.39 is 0 Å². The van der Waals surface area contributed by atoms with Gasteiger partial charge in [0.25, 0.3) is 0 Å². The predicted molar refractivity (Wildman–Crippen MR) is 84.3 cm³/mol. The first kappa shape index (κ1) is 15.8. The molecular formula is C15H23BrN2O2. The van der Waals surface area contributed by atoms with Crippen LogP contribution in [0.4, 0.5) is 0 Å². The normalized spacial score (nSPS) is 20.1. The van der Waals surface area contributed by atoms with Gasteiger partial charge in [0.2, 0.25) is 0 Å². The molecule has 1 N–H and O–H groups in total. The molecule has 5 heteroatoms. The summed E-state index contributed by atoms with van der Waals surface area (Å²) < 4.78 is 12.7. The predicted octanol–water partition coefficient (Wildman–Crippen LogP) is 2.27. The molecule has 0 aliphatic carbocycles. The second kappa shape index (κ2) is 7.98. The standard InChI is InChI=1S/C15H23BrN2O2/c1-3-17-9-12-5-4-6-14(16)15(12)20-11-13-10-18(2)7-8-19-13/h4-6,13,17H,3,7-11H2,1-2H3. The number of hydrogen-bond donors (Lipinski definition) is 1. The van der Waals surface area contributed by atoms with Crippen LogP contribution >= 0.6 is 15.9 Å². The fraction of sp³-hybridized carbons (Fsp3) is 0.600. The summed E-state index contributed by atoms with van der Waals surface area (Å²) in [4.78, 5) is 2.27. The summed E-state index contributed by atoms with van der Waals surface area (Å²) in [7, 11) is 2.12. The SMILES string of the molecule is CCNCc1cccc(Br)c1OCC1CN(C)CCO1. The Bertz CT molecular complexity index is 428. The van der Waals surface area contributed by atoms with Crippen molar-refractivity contribution in [1.29, 1.82) is 0 Å². The van der Waals surface area contributed by atoms with Crippen LogP contribution in [-0.4, -0.2) is 50.9 Å². The first-order valence-corrected chi connectivity index (χ1v) is 7.91. The van der Waals surface area contributed by atoms with Crippen LogP contribution in [0.15, 0.2) is 22.7 Å². The number of morpholine rings is 1. The van der Waals surface area contributed by atoms with Crippen LogP contribution in [0.2, 0.25) is 0 Å². The molecule has 1 aliphatic heterocycles. The van der Waals surface area contributed by atoms with E-state index in [-0.39, 0.29) is 6.10 Å². The Morgan fingerprint density at radius 1 is 1.50 bits per heavy atom. The maximum absolute atomic E-state index is 6.01. The fourth-order valence-electron chi connectivity index (χ4n) is 2.26. The van der Waals surface area contributed by atoms with E-state index >= 15 is 0 Å². The molecule has 1 atom stereocenters. The molecule has 0 amide bonds. The molecule has 1 saturated heterocycles. The lowest BCUT2D eigenvalue weighted by atomic mass is 10.2. The third-order valence-corrected chi connectivity index (χ3v) is 3.99. The molecule has 0 radical (unpaired) electrons. The Morgan fingerprint density at radius 2 is 2.35 bits per heavy atom. The summed E-state index contributed by atoms with van der Waals surface area (Å²) in [6.07, 6.45) is 0.146. The van der Waals surface area contributed by atoms with Gasteiger partial charge in [-0.05, 0) is 35.6 Å². The van der Waals surface area contributed by atoms with E-state index in [2.05, 4.69) is 46.2 Å². The second-order valence-corrected chi connectivity index (χ2v) is 5.93. The minimum Gasteiger partial charge on any atom is -0.489 e. The van der Waals surface area contributed by atoms with Crippen molar-refractivity contribution >= 4 is 15.9 Å². The van der Waals surface area contributed by atoms with Gasteiger partial charge >= 0.3 is 0 Å². The zero-order valence-electron chi connectivity index (χ0n) is 12.2. The Hall–Kier alpha value is -0.620. The summed E-state index contributed by atoms with van der Waals surface area (Å²) in [5.74, 6) is 0.922. The monoisotopic (exact) mass is 342 g/mol. The lowest BCUT2D eigenvalue weighted by molar-refractivity contribution is -0.0405. The van der Waals surface area contributed by atoms with Crippen LogP contribution in [0.5, 0.6) is 5.75 Å². The van der Waals surface area contributed by atoms with E-state index in [1.165, 1.54) is 5.56 Å². The van der Waals surface area contributed by atoms with E-state index in [4.69, 9.17) is 9.47 Å². The van der Waals surface area contributed by atoms with Crippen LogP contribution < -0.4 is 10.1 Å². The molecule has 1 unspecified atom stereocenters. The van der Waals surface area contributed by atoms with Gasteiger partial charge < -0.3 is 19.7 Å². The number of halogens is 1. The topological polar surface area (TPSA) is 33.7 Å². The van der Waals surface area contributed by atoms with Gasteiger partial charge in [-0.25, -0.2) is 0 Å². The maximum atomic E-state index is 6.01. The molecule has 1 heterocycles. The van der Waals surface area contributed by atoms with Gasteiger partial charge in [0.05, 0.1) is 11.1 Å². The molecule has 0 saturated carbocycles. The van der Waals surface area contributed by atoms with Gasteiger partial charge in [-0.15, -0.1) is 0 Å². The Kier molecular flexibility index (Phi) is 6.29. The zero-order valence-corrected chi connectivity index (χ0v) is 13.8. The van der Waals surface area contributed by atoms with Gasteiger partial charge in [-0.3, -0.25) is 0 Å². The Labute approximate surface area is 129 Å².